The molecule has 190 valence electrons. The molecule has 0 spiro atoms. The van der Waals surface area contributed by atoms with Crippen LogP contribution in [0.4, 0.5) is 8.78 Å². The Labute approximate surface area is 208 Å². The minimum Gasteiger partial charge on any atom is -0.492 e. The van der Waals surface area contributed by atoms with Crippen molar-refractivity contribution in [3.63, 3.8) is 0 Å². The highest BCUT2D eigenvalue weighted by Gasteiger charge is 2.42. The molecule has 1 saturated carbocycles. The van der Waals surface area contributed by atoms with Crippen LogP contribution in [0, 0.1) is 11.6 Å². The quantitative estimate of drug-likeness (QED) is 0.481. The van der Waals surface area contributed by atoms with Gasteiger partial charge in [0.2, 0.25) is 0 Å². The van der Waals surface area contributed by atoms with Gasteiger partial charge in [-0.2, -0.15) is 0 Å². The summed E-state index contributed by atoms with van der Waals surface area (Å²) >= 11 is 0. The first-order valence-corrected chi connectivity index (χ1v) is 12.0. The number of carboxylic acid groups (broad SMARTS) is 1. The minimum atomic E-state index is -1.33. The van der Waals surface area contributed by atoms with Crippen LogP contribution in [-0.4, -0.2) is 41.2 Å². The number of carbonyl (C=O) groups excluding carboxylic acids is 1. The Balaban J connectivity index is 1.76. The predicted octanol–water partition coefficient (Wildman–Crippen LogP) is 5.56. The Bertz CT molecular complexity index is 1200. The molecule has 1 N–H and O–H groups in total. The minimum absolute atomic E-state index is 0.00545. The number of hydrogen-bond acceptors (Lipinski definition) is 5. The summed E-state index contributed by atoms with van der Waals surface area (Å²) in [6.07, 6.45) is 3.00. The monoisotopic (exact) mass is 497 g/mol. The third kappa shape index (κ3) is 5.27. The van der Waals surface area contributed by atoms with Crippen LogP contribution in [0.3, 0.4) is 0 Å². The van der Waals surface area contributed by atoms with Gasteiger partial charge in [-0.1, -0.05) is 18.2 Å². The second kappa shape index (κ2) is 10.9. The molecule has 2 aliphatic rings. The molecule has 6 nitrogen and oxygen atoms in total. The molecule has 0 bridgehead atoms. The Morgan fingerprint density at radius 2 is 1.67 bits per heavy atom. The number of ether oxygens (including phenoxy) is 2. The highest BCUT2D eigenvalue weighted by molar-refractivity contribution is 5.99. The third-order valence-corrected chi connectivity index (χ3v) is 6.79. The van der Waals surface area contributed by atoms with Gasteiger partial charge in [-0.15, -0.1) is 0 Å². The molecule has 1 aliphatic carbocycles. The summed E-state index contributed by atoms with van der Waals surface area (Å²) < 4.78 is 40.7. The Hall–Kier alpha value is -3.68. The van der Waals surface area contributed by atoms with Gasteiger partial charge < -0.3 is 19.5 Å². The molecular formula is C28H29F2NO5. The zero-order valence-electron chi connectivity index (χ0n) is 20.3. The fourth-order valence-corrected chi connectivity index (χ4v) is 5.02. The number of allylic oxidation sites excluding steroid dienone is 2. The summed E-state index contributed by atoms with van der Waals surface area (Å²) in [5, 5.41) is 10.2. The highest BCUT2D eigenvalue weighted by atomic mass is 19.1. The summed E-state index contributed by atoms with van der Waals surface area (Å²) in [6, 6.07) is 12.0. The van der Waals surface area contributed by atoms with E-state index >= 15 is 0 Å². The van der Waals surface area contributed by atoms with E-state index in [1.54, 1.807) is 30.9 Å². The normalized spacial score (nSPS) is 18.6. The lowest BCUT2D eigenvalue weighted by atomic mass is 9.79. The lowest BCUT2D eigenvalue weighted by molar-refractivity contribution is -0.144. The van der Waals surface area contributed by atoms with Crippen LogP contribution in [-0.2, 0) is 14.3 Å². The number of carboxylic acids is 1. The molecule has 0 amide bonds. The van der Waals surface area contributed by atoms with Crippen LogP contribution in [0.2, 0.25) is 0 Å². The van der Waals surface area contributed by atoms with Crippen molar-refractivity contribution >= 4 is 11.9 Å². The molecule has 0 saturated heterocycles. The molecule has 1 atom stereocenters. The van der Waals surface area contributed by atoms with Crippen molar-refractivity contribution in [2.45, 2.75) is 51.6 Å². The molecule has 1 unspecified atom stereocenters. The first kappa shape index (κ1) is 25.4. The number of para-hydroxylation sites is 1. The van der Waals surface area contributed by atoms with Gasteiger partial charge in [0.25, 0.3) is 0 Å². The highest BCUT2D eigenvalue weighted by Crippen LogP contribution is 2.43. The van der Waals surface area contributed by atoms with Gasteiger partial charge in [-0.3, -0.25) is 0 Å². The number of carbonyl (C=O) groups is 2. The average Bonchev–Trinajstić information content (AvgIpc) is 3.35. The van der Waals surface area contributed by atoms with Crippen LogP contribution in [0.5, 0.6) is 5.75 Å². The van der Waals surface area contributed by atoms with E-state index in [4.69, 9.17) is 9.47 Å². The first-order valence-electron chi connectivity index (χ1n) is 12.0. The smallest absolute Gasteiger partial charge is 0.337 e. The van der Waals surface area contributed by atoms with Gasteiger partial charge in [0.05, 0.1) is 23.6 Å². The molecule has 1 heterocycles. The van der Waals surface area contributed by atoms with E-state index in [1.165, 1.54) is 0 Å². The maximum absolute atomic E-state index is 15.0. The summed E-state index contributed by atoms with van der Waals surface area (Å²) in [5.41, 5.74) is 0.315. The molecule has 36 heavy (non-hydrogen) atoms. The van der Waals surface area contributed by atoms with E-state index in [0.29, 0.717) is 30.0 Å². The number of esters is 1. The van der Waals surface area contributed by atoms with Crippen molar-refractivity contribution in [2.24, 2.45) is 0 Å². The Kier molecular flexibility index (Phi) is 7.72. The number of aliphatic carboxylic acids is 1. The van der Waals surface area contributed by atoms with Gasteiger partial charge >= 0.3 is 11.9 Å². The van der Waals surface area contributed by atoms with Crippen molar-refractivity contribution in [1.82, 2.24) is 4.90 Å². The topological polar surface area (TPSA) is 76.1 Å². The molecule has 2 aromatic carbocycles. The summed E-state index contributed by atoms with van der Waals surface area (Å²) in [7, 11) is 0. The molecule has 0 aromatic heterocycles. The standard InChI is InChI=1S/C28H29F2NO5/c1-17-24(27(32)33)26(22-16-19(29)12-13-23(22)30)25(28(34)36-21-10-6-7-11-21)18(2)31(17)14-15-35-20-8-4-3-5-9-20/h3-5,8-9,12-13,16,21,26H,6-7,10-11,14-15H2,1-2H3,(H,32,33). The van der Waals surface area contributed by atoms with Crippen molar-refractivity contribution in [3.8, 4) is 5.75 Å². The largest absolute Gasteiger partial charge is 0.492 e. The van der Waals surface area contributed by atoms with E-state index < -0.39 is 29.5 Å². The molecule has 8 heteroatoms. The van der Waals surface area contributed by atoms with Crippen molar-refractivity contribution in [3.05, 3.63) is 88.3 Å². The molecule has 1 aliphatic heterocycles. The van der Waals surface area contributed by atoms with E-state index in [-0.39, 0.29) is 36.0 Å². The average molecular weight is 498 g/mol. The molecule has 0 radical (unpaired) electrons. The zero-order chi connectivity index (χ0) is 25.8. The summed E-state index contributed by atoms with van der Waals surface area (Å²) in [4.78, 5) is 27.7. The zero-order valence-corrected chi connectivity index (χ0v) is 20.3. The van der Waals surface area contributed by atoms with Crippen LogP contribution in [0.25, 0.3) is 0 Å². The number of nitrogens with zero attached hydrogens (tertiary/aromatic N) is 1. The Morgan fingerprint density at radius 3 is 2.33 bits per heavy atom. The molecule has 1 fully saturated rings. The number of rotatable bonds is 8. The van der Waals surface area contributed by atoms with Crippen molar-refractivity contribution in [2.75, 3.05) is 13.2 Å². The maximum atomic E-state index is 15.0. The summed E-state index contributed by atoms with van der Waals surface area (Å²) in [5.74, 6) is -4.24. The van der Waals surface area contributed by atoms with Crippen molar-refractivity contribution in [1.29, 1.82) is 0 Å². The van der Waals surface area contributed by atoms with E-state index in [0.717, 1.165) is 31.0 Å². The second-order valence-electron chi connectivity index (χ2n) is 9.03. The van der Waals surface area contributed by atoms with Gasteiger partial charge in [-0.05, 0) is 69.9 Å². The van der Waals surface area contributed by atoms with Crippen LogP contribution in [0.15, 0.2) is 71.1 Å². The van der Waals surface area contributed by atoms with E-state index in [2.05, 4.69) is 0 Å². The fourth-order valence-electron chi connectivity index (χ4n) is 5.02. The van der Waals surface area contributed by atoms with Crippen molar-refractivity contribution < 1.29 is 33.0 Å². The third-order valence-electron chi connectivity index (χ3n) is 6.79. The molecular weight excluding hydrogens is 468 g/mol. The molecule has 2 aromatic rings. The van der Waals surface area contributed by atoms with E-state index in [1.807, 2.05) is 18.2 Å². The number of hydrogen-bond donors (Lipinski definition) is 1. The van der Waals surface area contributed by atoms with Crippen LogP contribution < -0.4 is 4.74 Å². The van der Waals surface area contributed by atoms with Gasteiger partial charge in [0.1, 0.15) is 30.1 Å². The van der Waals surface area contributed by atoms with Gasteiger partial charge in [0.15, 0.2) is 0 Å². The fraction of sp³-hybridized carbons (Fsp3) is 0.357. The molecule has 4 rings (SSSR count). The van der Waals surface area contributed by atoms with Gasteiger partial charge in [0, 0.05) is 17.0 Å². The van der Waals surface area contributed by atoms with Gasteiger partial charge in [-0.25, -0.2) is 18.4 Å². The first-order chi connectivity index (χ1) is 17.3. The SMILES string of the molecule is CC1=C(C(=O)O)C(c2cc(F)ccc2F)C(C(=O)OC2CCCC2)=C(C)N1CCOc1ccccc1. The lowest BCUT2D eigenvalue weighted by Crippen LogP contribution is -2.37. The predicted molar refractivity (Wildman–Crippen MR) is 129 cm³/mol. The maximum Gasteiger partial charge on any atom is 0.337 e. The summed E-state index contributed by atoms with van der Waals surface area (Å²) in [6.45, 7) is 3.70. The van der Waals surface area contributed by atoms with E-state index in [9.17, 15) is 23.5 Å². The Morgan fingerprint density at radius 1 is 1.00 bits per heavy atom. The lowest BCUT2D eigenvalue weighted by Gasteiger charge is -2.37. The second-order valence-corrected chi connectivity index (χ2v) is 9.03. The van der Waals surface area contributed by atoms with Crippen LogP contribution in [0.1, 0.15) is 51.0 Å². The van der Waals surface area contributed by atoms with Crippen LogP contribution >= 0.6 is 0 Å². The number of benzene rings is 2. The number of halogens is 2.